The van der Waals surface area contributed by atoms with Crippen LogP contribution in [0.3, 0.4) is 0 Å². The van der Waals surface area contributed by atoms with Crippen LogP contribution in [0.25, 0.3) is 0 Å². The summed E-state index contributed by atoms with van der Waals surface area (Å²) in [5.74, 6) is -0.971. The van der Waals surface area contributed by atoms with Gasteiger partial charge >= 0.3 is 5.97 Å². The maximum Gasteiger partial charge on any atom is 0.338 e. The van der Waals surface area contributed by atoms with Gasteiger partial charge in [0.25, 0.3) is 0 Å². The van der Waals surface area contributed by atoms with Crippen LogP contribution in [-0.2, 0) is 0 Å². The number of carboxylic acid groups (broad SMARTS) is 1. The lowest BCUT2D eigenvalue weighted by Gasteiger charge is -2.10. The molecule has 0 aliphatic rings. The topological polar surface area (TPSA) is 63.1 Å². The summed E-state index contributed by atoms with van der Waals surface area (Å²) >= 11 is 4.74. The molecule has 0 saturated heterocycles. The molecule has 104 valence electrons. The molecule has 20 heavy (non-hydrogen) atoms. The molecular formula is C14H13BrN2O2S. The van der Waals surface area contributed by atoms with Crippen molar-refractivity contribution in [1.82, 2.24) is 9.97 Å². The summed E-state index contributed by atoms with van der Waals surface area (Å²) in [6, 6.07) is 3.66. The van der Waals surface area contributed by atoms with E-state index in [2.05, 4.69) is 25.9 Å². The summed E-state index contributed by atoms with van der Waals surface area (Å²) in [5, 5.41) is 10.5. The van der Waals surface area contributed by atoms with Crippen LogP contribution in [0.4, 0.5) is 0 Å². The first-order valence-electron chi connectivity index (χ1n) is 5.90. The number of carbonyl (C=O) groups is 1. The van der Waals surface area contributed by atoms with Gasteiger partial charge in [0.1, 0.15) is 10.1 Å². The Morgan fingerprint density at radius 2 is 1.95 bits per heavy atom. The molecule has 0 unspecified atom stereocenters. The molecule has 4 nitrogen and oxygen atoms in total. The Bertz CT molecular complexity index is 689. The molecule has 0 radical (unpaired) electrons. The van der Waals surface area contributed by atoms with Crippen molar-refractivity contribution in [2.45, 2.75) is 30.8 Å². The van der Waals surface area contributed by atoms with E-state index in [1.54, 1.807) is 19.2 Å². The predicted octanol–water partition coefficient (Wildman–Crippen LogP) is 4.01. The van der Waals surface area contributed by atoms with Gasteiger partial charge in [-0.15, -0.1) is 0 Å². The second-order valence-electron chi connectivity index (χ2n) is 4.41. The molecule has 2 rings (SSSR count). The van der Waals surface area contributed by atoms with Crippen LogP contribution in [0.2, 0.25) is 0 Å². The predicted molar refractivity (Wildman–Crippen MR) is 81.5 cm³/mol. The van der Waals surface area contributed by atoms with E-state index in [4.69, 9.17) is 0 Å². The number of pyridine rings is 2. The van der Waals surface area contributed by atoms with Gasteiger partial charge in [-0.25, -0.2) is 14.8 Å². The molecule has 0 bridgehead atoms. The number of nitrogens with zero attached hydrogens (tertiary/aromatic N) is 2. The zero-order valence-corrected chi connectivity index (χ0v) is 13.7. The number of carboxylic acids is 1. The van der Waals surface area contributed by atoms with E-state index < -0.39 is 5.97 Å². The summed E-state index contributed by atoms with van der Waals surface area (Å²) < 4.78 is 0.863. The largest absolute Gasteiger partial charge is 0.478 e. The van der Waals surface area contributed by atoms with E-state index >= 15 is 0 Å². The smallest absolute Gasteiger partial charge is 0.338 e. The minimum atomic E-state index is -0.971. The van der Waals surface area contributed by atoms with Crippen LogP contribution in [0.15, 0.2) is 32.9 Å². The fourth-order valence-electron chi connectivity index (χ4n) is 1.81. The Balaban J connectivity index is 2.53. The van der Waals surface area contributed by atoms with Crippen LogP contribution in [0, 0.1) is 20.8 Å². The van der Waals surface area contributed by atoms with Gasteiger partial charge in [0.15, 0.2) is 0 Å². The number of halogens is 1. The highest BCUT2D eigenvalue weighted by Crippen LogP contribution is 2.35. The molecule has 2 heterocycles. The highest BCUT2D eigenvalue weighted by Gasteiger charge is 2.18. The lowest BCUT2D eigenvalue weighted by Crippen LogP contribution is -2.05. The second kappa shape index (κ2) is 5.93. The zero-order valence-electron chi connectivity index (χ0n) is 11.3. The minimum Gasteiger partial charge on any atom is -0.478 e. The van der Waals surface area contributed by atoms with E-state index in [9.17, 15) is 9.90 Å². The summed E-state index contributed by atoms with van der Waals surface area (Å²) in [6.07, 6.45) is 1.70. The molecule has 6 heteroatoms. The van der Waals surface area contributed by atoms with Crippen LogP contribution in [0.5, 0.6) is 0 Å². The quantitative estimate of drug-likeness (QED) is 0.903. The molecule has 2 aromatic heterocycles. The minimum absolute atomic E-state index is 0.232. The molecule has 0 saturated carbocycles. The van der Waals surface area contributed by atoms with E-state index in [0.29, 0.717) is 15.6 Å². The Morgan fingerprint density at radius 3 is 2.60 bits per heavy atom. The van der Waals surface area contributed by atoms with Crippen LogP contribution in [-0.4, -0.2) is 21.0 Å². The Morgan fingerprint density at radius 1 is 1.25 bits per heavy atom. The molecule has 0 amide bonds. The monoisotopic (exact) mass is 352 g/mol. The fourth-order valence-corrected chi connectivity index (χ4v) is 3.38. The lowest BCUT2D eigenvalue weighted by molar-refractivity contribution is 0.0691. The van der Waals surface area contributed by atoms with Crippen molar-refractivity contribution < 1.29 is 9.90 Å². The average Bonchev–Trinajstić information content (AvgIpc) is 2.33. The van der Waals surface area contributed by atoms with Gasteiger partial charge in [-0.3, -0.25) is 0 Å². The number of aromatic nitrogens is 2. The Kier molecular flexibility index (Phi) is 4.45. The van der Waals surface area contributed by atoms with Crippen molar-refractivity contribution in [3.05, 3.63) is 45.2 Å². The van der Waals surface area contributed by atoms with Crippen molar-refractivity contribution in [2.75, 3.05) is 0 Å². The van der Waals surface area contributed by atoms with Crippen molar-refractivity contribution in [1.29, 1.82) is 0 Å². The van der Waals surface area contributed by atoms with Gasteiger partial charge in [-0.2, -0.15) is 0 Å². The van der Waals surface area contributed by atoms with Gasteiger partial charge < -0.3 is 5.11 Å². The number of rotatable bonds is 3. The molecular weight excluding hydrogens is 340 g/mol. The number of aryl methyl sites for hydroxylation is 3. The molecule has 1 N–H and O–H groups in total. The molecule has 0 aliphatic heterocycles. The second-order valence-corrected chi connectivity index (χ2v) is 6.19. The van der Waals surface area contributed by atoms with E-state index in [0.717, 1.165) is 15.7 Å². The Hall–Kier alpha value is -1.40. The summed E-state index contributed by atoms with van der Waals surface area (Å²) in [5.41, 5.74) is 2.77. The SMILES string of the molecule is Cc1cc(C)c(C(=O)O)c(Sc2nccc(C)c2Br)n1. The van der Waals surface area contributed by atoms with E-state index in [-0.39, 0.29) is 5.56 Å². The first kappa shape index (κ1) is 15.0. The van der Waals surface area contributed by atoms with Gasteiger partial charge in [0.2, 0.25) is 0 Å². The van der Waals surface area contributed by atoms with Crippen LogP contribution >= 0.6 is 27.7 Å². The van der Waals surface area contributed by atoms with Gasteiger partial charge in [-0.05, 0) is 71.7 Å². The van der Waals surface area contributed by atoms with Crippen LogP contribution < -0.4 is 0 Å². The van der Waals surface area contributed by atoms with Crippen molar-refractivity contribution in [3.63, 3.8) is 0 Å². The molecule has 0 aromatic carbocycles. The van der Waals surface area contributed by atoms with Crippen molar-refractivity contribution in [3.8, 4) is 0 Å². The third-order valence-electron chi connectivity index (χ3n) is 2.77. The van der Waals surface area contributed by atoms with Gasteiger partial charge in [-0.1, -0.05) is 0 Å². The lowest BCUT2D eigenvalue weighted by atomic mass is 10.1. The molecule has 0 spiro atoms. The molecule has 0 aliphatic carbocycles. The molecule has 0 atom stereocenters. The van der Waals surface area contributed by atoms with Crippen LogP contribution in [0.1, 0.15) is 27.2 Å². The molecule has 0 fully saturated rings. The number of hydrogen-bond donors (Lipinski definition) is 1. The average molecular weight is 353 g/mol. The summed E-state index contributed by atoms with van der Waals surface area (Å²) in [6.45, 7) is 5.59. The first-order valence-corrected chi connectivity index (χ1v) is 7.51. The summed E-state index contributed by atoms with van der Waals surface area (Å²) in [4.78, 5) is 20.0. The van der Waals surface area contributed by atoms with E-state index in [1.165, 1.54) is 11.8 Å². The standard InChI is InChI=1S/C14H13BrN2O2S/c1-7-4-5-16-13(11(7)15)20-12-10(14(18)19)8(2)6-9(3)17-12/h4-6H,1-3H3,(H,18,19). The highest BCUT2D eigenvalue weighted by atomic mass is 79.9. The first-order chi connectivity index (χ1) is 9.40. The van der Waals surface area contributed by atoms with Gasteiger partial charge in [0.05, 0.1) is 10.0 Å². The van der Waals surface area contributed by atoms with Crippen molar-refractivity contribution in [2.24, 2.45) is 0 Å². The summed E-state index contributed by atoms with van der Waals surface area (Å²) in [7, 11) is 0. The molecule has 2 aromatic rings. The Labute approximate surface area is 129 Å². The zero-order chi connectivity index (χ0) is 14.9. The van der Waals surface area contributed by atoms with Crippen molar-refractivity contribution >= 4 is 33.7 Å². The maximum absolute atomic E-state index is 11.4. The maximum atomic E-state index is 11.4. The normalized spacial score (nSPS) is 10.6. The fraction of sp³-hybridized carbons (Fsp3) is 0.214. The number of aromatic carboxylic acids is 1. The van der Waals surface area contributed by atoms with Gasteiger partial charge in [0, 0.05) is 11.9 Å². The third-order valence-corrected chi connectivity index (χ3v) is 5.02. The highest BCUT2D eigenvalue weighted by molar-refractivity contribution is 9.10. The third kappa shape index (κ3) is 3.02. The number of hydrogen-bond acceptors (Lipinski definition) is 4. The van der Waals surface area contributed by atoms with E-state index in [1.807, 2.05) is 19.9 Å².